The molecule has 1 unspecified atom stereocenters. The first-order valence-corrected chi connectivity index (χ1v) is 5.90. The van der Waals surface area contributed by atoms with E-state index in [4.69, 9.17) is 5.73 Å². The smallest absolute Gasteiger partial charge is 0.265 e. The minimum absolute atomic E-state index is 0.0358. The number of hydrogen-bond donors (Lipinski definition) is 4. The lowest BCUT2D eigenvalue weighted by molar-refractivity contribution is 0.0913. The summed E-state index contributed by atoms with van der Waals surface area (Å²) in [5.74, 6) is -0.125. The van der Waals surface area contributed by atoms with Crippen molar-refractivity contribution in [1.29, 1.82) is 0 Å². The Kier molecular flexibility index (Phi) is 2.61. The van der Waals surface area contributed by atoms with Crippen molar-refractivity contribution >= 4 is 11.6 Å². The van der Waals surface area contributed by atoms with Crippen molar-refractivity contribution < 1.29 is 9.90 Å². The Morgan fingerprint density at radius 2 is 1.95 bits per heavy atom. The molecule has 96 valence electrons. The van der Waals surface area contributed by atoms with Gasteiger partial charge in [-0.3, -0.25) is 10.2 Å². The number of fused-ring (bicyclic) bond motifs is 1. The summed E-state index contributed by atoms with van der Waals surface area (Å²) >= 11 is 0. The third kappa shape index (κ3) is 1.90. The van der Waals surface area contributed by atoms with E-state index in [0.717, 1.165) is 11.1 Å². The van der Waals surface area contributed by atoms with Crippen LogP contribution in [0.5, 0.6) is 5.75 Å². The van der Waals surface area contributed by atoms with Crippen molar-refractivity contribution in [2.24, 2.45) is 0 Å². The van der Waals surface area contributed by atoms with Crippen LogP contribution in [0.1, 0.15) is 27.5 Å². The Morgan fingerprint density at radius 3 is 2.74 bits per heavy atom. The number of carbonyl (C=O) groups is 1. The zero-order valence-corrected chi connectivity index (χ0v) is 10.1. The zero-order chi connectivity index (χ0) is 13.4. The standard InChI is InChI=1S/C14H13N3O2/c15-11-6-5-8(7-12(11)18)13-9-3-1-2-4-10(9)14(19)17-16-13/h1-7,13,16,18H,15H2,(H,17,19). The summed E-state index contributed by atoms with van der Waals surface area (Å²) in [6, 6.07) is 12.2. The fourth-order valence-electron chi connectivity index (χ4n) is 2.24. The molecule has 0 radical (unpaired) electrons. The van der Waals surface area contributed by atoms with Gasteiger partial charge < -0.3 is 10.8 Å². The third-order valence-corrected chi connectivity index (χ3v) is 3.23. The number of hydrazine groups is 1. The zero-order valence-electron chi connectivity index (χ0n) is 10.1. The molecular weight excluding hydrogens is 242 g/mol. The molecule has 0 bridgehead atoms. The molecule has 0 spiro atoms. The highest BCUT2D eigenvalue weighted by atomic mass is 16.3. The number of amides is 1. The van der Waals surface area contributed by atoms with Gasteiger partial charge in [0.15, 0.2) is 0 Å². The van der Waals surface area contributed by atoms with E-state index in [2.05, 4.69) is 10.9 Å². The Labute approximate surface area is 110 Å². The van der Waals surface area contributed by atoms with Crippen LogP contribution in [0.25, 0.3) is 0 Å². The van der Waals surface area contributed by atoms with Gasteiger partial charge in [0.25, 0.3) is 5.91 Å². The van der Waals surface area contributed by atoms with Crippen LogP contribution in [0, 0.1) is 0 Å². The molecule has 0 saturated heterocycles. The summed E-state index contributed by atoms with van der Waals surface area (Å²) < 4.78 is 0. The number of phenols is 1. The van der Waals surface area contributed by atoms with Gasteiger partial charge in [-0.2, -0.15) is 0 Å². The first-order valence-electron chi connectivity index (χ1n) is 5.90. The number of carbonyl (C=O) groups excluding carboxylic acids is 1. The van der Waals surface area contributed by atoms with Crippen molar-refractivity contribution in [1.82, 2.24) is 10.9 Å². The molecule has 0 saturated carbocycles. The number of hydrogen-bond acceptors (Lipinski definition) is 4. The van der Waals surface area contributed by atoms with Crippen LogP contribution in [0.2, 0.25) is 0 Å². The van der Waals surface area contributed by atoms with Crippen molar-refractivity contribution in [3.8, 4) is 5.75 Å². The molecule has 5 nitrogen and oxygen atoms in total. The van der Waals surface area contributed by atoms with Crippen LogP contribution in [0.4, 0.5) is 5.69 Å². The molecule has 1 aliphatic heterocycles. The lowest BCUT2D eigenvalue weighted by atomic mass is 9.93. The quantitative estimate of drug-likeness (QED) is 0.457. The first kappa shape index (κ1) is 11.6. The molecule has 19 heavy (non-hydrogen) atoms. The minimum atomic E-state index is -0.208. The molecule has 5 heteroatoms. The molecule has 0 aromatic heterocycles. The highest BCUT2D eigenvalue weighted by Crippen LogP contribution is 2.31. The molecule has 1 amide bonds. The van der Waals surface area contributed by atoms with Crippen molar-refractivity contribution in [2.75, 3.05) is 5.73 Å². The average molecular weight is 255 g/mol. The number of anilines is 1. The predicted octanol–water partition coefficient (Wildman–Crippen LogP) is 1.31. The molecular formula is C14H13N3O2. The number of nitrogens with two attached hydrogens (primary N) is 1. The van der Waals surface area contributed by atoms with E-state index in [-0.39, 0.29) is 17.7 Å². The van der Waals surface area contributed by atoms with Crippen molar-refractivity contribution in [3.05, 3.63) is 59.2 Å². The molecule has 0 aliphatic carbocycles. The second kappa shape index (κ2) is 4.29. The summed E-state index contributed by atoms with van der Waals surface area (Å²) in [6.07, 6.45) is 0. The maximum absolute atomic E-state index is 11.7. The number of nitrogen functional groups attached to an aromatic ring is 1. The van der Waals surface area contributed by atoms with Gasteiger partial charge in [0.1, 0.15) is 5.75 Å². The Bertz CT molecular complexity index is 655. The average Bonchev–Trinajstić information content (AvgIpc) is 2.43. The minimum Gasteiger partial charge on any atom is -0.506 e. The van der Waals surface area contributed by atoms with Gasteiger partial charge in [-0.25, -0.2) is 5.43 Å². The van der Waals surface area contributed by atoms with E-state index in [1.165, 1.54) is 0 Å². The summed E-state index contributed by atoms with van der Waals surface area (Å²) in [5.41, 5.74) is 13.8. The fraction of sp³-hybridized carbons (Fsp3) is 0.0714. The lowest BCUT2D eigenvalue weighted by Gasteiger charge is -2.27. The summed E-state index contributed by atoms with van der Waals surface area (Å²) in [4.78, 5) is 11.7. The van der Waals surface area contributed by atoms with Gasteiger partial charge in [0.05, 0.1) is 11.7 Å². The van der Waals surface area contributed by atoms with Gasteiger partial charge >= 0.3 is 0 Å². The number of benzene rings is 2. The van der Waals surface area contributed by atoms with Crippen LogP contribution in [-0.4, -0.2) is 11.0 Å². The maximum Gasteiger partial charge on any atom is 0.265 e. The summed E-state index contributed by atoms with van der Waals surface area (Å²) in [6.45, 7) is 0. The molecule has 1 heterocycles. The predicted molar refractivity (Wildman–Crippen MR) is 71.4 cm³/mol. The topological polar surface area (TPSA) is 87.4 Å². The van der Waals surface area contributed by atoms with Gasteiger partial charge in [-0.1, -0.05) is 24.3 Å². The number of phenolic OH excluding ortho intramolecular Hbond substituents is 1. The van der Waals surface area contributed by atoms with E-state index >= 15 is 0 Å². The van der Waals surface area contributed by atoms with Gasteiger partial charge in [0.2, 0.25) is 0 Å². The second-order valence-corrected chi connectivity index (χ2v) is 4.44. The third-order valence-electron chi connectivity index (χ3n) is 3.23. The van der Waals surface area contributed by atoms with E-state index in [1.807, 2.05) is 24.3 Å². The van der Waals surface area contributed by atoms with E-state index in [0.29, 0.717) is 11.3 Å². The Hall–Kier alpha value is -2.53. The maximum atomic E-state index is 11.7. The molecule has 1 atom stereocenters. The number of nitrogens with one attached hydrogen (secondary N) is 2. The largest absolute Gasteiger partial charge is 0.506 e. The monoisotopic (exact) mass is 255 g/mol. The van der Waals surface area contributed by atoms with E-state index in [1.54, 1.807) is 18.2 Å². The van der Waals surface area contributed by atoms with E-state index in [9.17, 15) is 9.90 Å². The van der Waals surface area contributed by atoms with Gasteiger partial charge in [0, 0.05) is 5.56 Å². The van der Waals surface area contributed by atoms with Gasteiger partial charge in [-0.05, 0) is 29.3 Å². The molecule has 2 aromatic carbocycles. The molecule has 1 aliphatic rings. The first-order chi connectivity index (χ1) is 9.16. The highest BCUT2D eigenvalue weighted by molar-refractivity contribution is 5.96. The fourth-order valence-corrected chi connectivity index (χ4v) is 2.24. The molecule has 5 N–H and O–H groups in total. The number of rotatable bonds is 1. The molecule has 2 aromatic rings. The van der Waals surface area contributed by atoms with Crippen LogP contribution < -0.4 is 16.6 Å². The van der Waals surface area contributed by atoms with Gasteiger partial charge in [-0.15, -0.1) is 0 Å². The second-order valence-electron chi connectivity index (χ2n) is 4.44. The van der Waals surface area contributed by atoms with Crippen molar-refractivity contribution in [3.63, 3.8) is 0 Å². The highest BCUT2D eigenvalue weighted by Gasteiger charge is 2.25. The Morgan fingerprint density at radius 1 is 1.16 bits per heavy atom. The van der Waals surface area contributed by atoms with Crippen molar-refractivity contribution in [2.45, 2.75) is 6.04 Å². The lowest BCUT2D eigenvalue weighted by Crippen LogP contribution is -2.45. The van der Waals surface area contributed by atoms with Crippen LogP contribution in [0.3, 0.4) is 0 Å². The van der Waals surface area contributed by atoms with Crippen LogP contribution >= 0.6 is 0 Å². The normalized spacial score (nSPS) is 17.7. The molecule has 3 rings (SSSR count). The SMILES string of the molecule is Nc1ccc(C2NNC(=O)c3ccccc32)cc1O. The molecule has 0 fully saturated rings. The van der Waals surface area contributed by atoms with E-state index < -0.39 is 0 Å². The van der Waals surface area contributed by atoms with Crippen LogP contribution in [-0.2, 0) is 0 Å². The van der Waals surface area contributed by atoms with Crippen LogP contribution in [0.15, 0.2) is 42.5 Å². The summed E-state index contributed by atoms with van der Waals surface area (Å²) in [7, 11) is 0. The number of aromatic hydroxyl groups is 1. The Balaban J connectivity index is 2.09. The summed E-state index contributed by atoms with van der Waals surface area (Å²) in [5, 5.41) is 9.69.